The third-order valence-electron chi connectivity index (χ3n) is 2.69. The second-order valence-electron chi connectivity index (χ2n) is 4.26. The normalized spacial score (nSPS) is 10.4. The van der Waals surface area contributed by atoms with Crippen LogP contribution in [0, 0.1) is 12.7 Å². The Hall–Kier alpha value is -1.59. The Kier molecular flexibility index (Phi) is 4.30. The first-order valence-electron chi connectivity index (χ1n) is 5.71. The number of halogens is 3. The number of rotatable bonds is 2. The Morgan fingerprint density at radius 3 is 2.70 bits per heavy atom. The fourth-order valence-corrected chi connectivity index (χ4v) is 2.73. The van der Waals surface area contributed by atoms with Crippen molar-refractivity contribution in [2.45, 2.75) is 6.92 Å². The minimum absolute atomic E-state index is 0.0457. The molecule has 0 unspecified atom stereocenters. The number of aryl methyl sites for hydroxylation is 1. The number of anilines is 2. The van der Waals surface area contributed by atoms with E-state index in [2.05, 4.69) is 21.2 Å². The monoisotopic (exact) mass is 356 g/mol. The van der Waals surface area contributed by atoms with E-state index < -0.39 is 11.7 Å². The van der Waals surface area contributed by atoms with Gasteiger partial charge in [-0.15, -0.1) is 0 Å². The number of hydrogen-bond donors (Lipinski definition) is 2. The van der Waals surface area contributed by atoms with Gasteiger partial charge in [0.25, 0.3) is 5.91 Å². The minimum atomic E-state index is -0.684. The van der Waals surface area contributed by atoms with Crippen molar-refractivity contribution >= 4 is 44.8 Å². The van der Waals surface area contributed by atoms with E-state index in [-0.39, 0.29) is 10.6 Å². The number of hydrogen-bond acceptors (Lipinski definition) is 2. The van der Waals surface area contributed by atoms with Gasteiger partial charge in [0, 0.05) is 4.47 Å². The van der Waals surface area contributed by atoms with Crippen LogP contribution in [0.1, 0.15) is 15.9 Å². The zero-order chi connectivity index (χ0) is 14.9. The van der Waals surface area contributed by atoms with Crippen LogP contribution in [0.15, 0.2) is 34.8 Å². The van der Waals surface area contributed by atoms with Crippen LogP contribution in [-0.4, -0.2) is 5.91 Å². The molecule has 0 aliphatic rings. The fourth-order valence-electron chi connectivity index (χ4n) is 1.79. The minimum Gasteiger partial charge on any atom is -0.397 e. The van der Waals surface area contributed by atoms with Gasteiger partial charge in [0.05, 0.1) is 22.0 Å². The lowest BCUT2D eigenvalue weighted by Gasteiger charge is -2.12. The molecule has 20 heavy (non-hydrogen) atoms. The van der Waals surface area contributed by atoms with Crippen molar-refractivity contribution in [1.82, 2.24) is 0 Å². The van der Waals surface area contributed by atoms with E-state index in [0.717, 1.165) is 5.56 Å². The number of carbonyl (C=O) groups is 1. The second-order valence-corrected chi connectivity index (χ2v) is 5.52. The van der Waals surface area contributed by atoms with Crippen molar-refractivity contribution < 1.29 is 9.18 Å². The van der Waals surface area contributed by atoms with Crippen LogP contribution in [-0.2, 0) is 0 Å². The zero-order valence-corrected chi connectivity index (χ0v) is 12.8. The number of nitrogens with one attached hydrogen (secondary N) is 1. The van der Waals surface area contributed by atoms with E-state index in [0.29, 0.717) is 15.8 Å². The van der Waals surface area contributed by atoms with Crippen LogP contribution in [0.25, 0.3) is 0 Å². The molecule has 0 saturated heterocycles. The molecule has 2 aromatic carbocycles. The van der Waals surface area contributed by atoms with Crippen molar-refractivity contribution in [3.63, 3.8) is 0 Å². The van der Waals surface area contributed by atoms with Gasteiger partial charge in [-0.3, -0.25) is 4.79 Å². The van der Waals surface area contributed by atoms with Gasteiger partial charge in [-0.25, -0.2) is 4.39 Å². The maximum atomic E-state index is 13.7. The summed E-state index contributed by atoms with van der Waals surface area (Å²) in [6, 6.07) is 7.57. The fraction of sp³-hybridized carbons (Fsp3) is 0.0714. The lowest BCUT2D eigenvalue weighted by Crippen LogP contribution is -2.16. The third-order valence-corrected chi connectivity index (χ3v) is 3.63. The average Bonchev–Trinajstić information content (AvgIpc) is 2.33. The van der Waals surface area contributed by atoms with Crippen molar-refractivity contribution in [2.75, 3.05) is 11.1 Å². The molecule has 0 bridgehead atoms. The van der Waals surface area contributed by atoms with Crippen LogP contribution >= 0.6 is 27.5 Å². The number of nitrogen functional groups attached to an aromatic ring is 1. The largest absolute Gasteiger partial charge is 0.397 e. The van der Waals surface area contributed by atoms with Crippen LogP contribution < -0.4 is 11.1 Å². The molecule has 2 rings (SSSR count). The van der Waals surface area contributed by atoms with Crippen LogP contribution in [0.4, 0.5) is 15.8 Å². The molecule has 0 fully saturated rings. The molecule has 0 spiro atoms. The van der Waals surface area contributed by atoms with Gasteiger partial charge in [-0.2, -0.15) is 0 Å². The van der Waals surface area contributed by atoms with Gasteiger partial charge in [0.15, 0.2) is 0 Å². The maximum Gasteiger partial charge on any atom is 0.260 e. The first kappa shape index (κ1) is 14.8. The SMILES string of the molecule is Cc1cc(N)c(NC(=O)c2c(F)cccc2Cl)c(Br)c1. The Bertz CT molecular complexity index is 648. The van der Waals surface area contributed by atoms with E-state index in [4.69, 9.17) is 17.3 Å². The summed E-state index contributed by atoms with van der Waals surface area (Å²) in [4.78, 5) is 12.1. The highest BCUT2D eigenvalue weighted by molar-refractivity contribution is 9.10. The summed E-state index contributed by atoms with van der Waals surface area (Å²) in [5, 5.41) is 2.61. The molecule has 0 heterocycles. The average molecular weight is 358 g/mol. The molecule has 3 N–H and O–H groups in total. The molecule has 0 aliphatic heterocycles. The summed E-state index contributed by atoms with van der Waals surface area (Å²) in [6.07, 6.45) is 0. The lowest BCUT2D eigenvalue weighted by atomic mass is 10.1. The van der Waals surface area contributed by atoms with Gasteiger partial charge in [-0.1, -0.05) is 17.7 Å². The molecular weight excluding hydrogens is 347 g/mol. The van der Waals surface area contributed by atoms with Crippen molar-refractivity contribution in [3.05, 3.63) is 56.8 Å². The Labute approximate surface area is 129 Å². The quantitative estimate of drug-likeness (QED) is 0.783. The number of amides is 1. The zero-order valence-electron chi connectivity index (χ0n) is 10.5. The van der Waals surface area contributed by atoms with Crippen molar-refractivity contribution in [3.8, 4) is 0 Å². The predicted octanol–water partition coefficient (Wildman–Crippen LogP) is 4.38. The summed E-state index contributed by atoms with van der Waals surface area (Å²) >= 11 is 9.17. The summed E-state index contributed by atoms with van der Waals surface area (Å²) in [7, 11) is 0. The predicted molar refractivity (Wildman–Crippen MR) is 82.7 cm³/mol. The molecule has 0 radical (unpaired) electrons. The molecule has 2 aromatic rings. The van der Waals surface area contributed by atoms with E-state index in [1.807, 2.05) is 6.92 Å². The molecule has 3 nitrogen and oxygen atoms in total. The van der Waals surface area contributed by atoms with E-state index >= 15 is 0 Å². The van der Waals surface area contributed by atoms with Gasteiger partial charge in [-0.05, 0) is 52.7 Å². The number of benzene rings is 2. The van der Waals surface area contributed by atoms with Gasteiger partial charge < -0.3 is 11.1 Å². The Balaban J connectivity index is 2.38. The first-order chi connectivity index (χ1) is 9.40. The van der Waals surface area contributed by atoms with Gasteiger partial charge in [0.2, 0.25) is 0 Å². The summed E-state index contributed by atoms with van der Waals surface area (Å²) in [5.41, 5.74) is 7.36. The second kappa shape index (κ2) is 5.81. The van der Waals surface area contributed by atoms with Crippen LogP contribution in [0.3, 0.4) is 0 Å². The van der Waals surface area contributed by atoms with Gasteiger partial charge in [0.1, 0.15) is 5.82 Å². The Morgan fingerprint density at radius 1 is 1.40 bits per heavy atom. The molecule has 0 aliphatic carbocycles. The molecular formula is C14H11BrClFN2O. The molecule has 6 heteroatoms. The highest BCUT2D eigenvalue weighted by Crippen LogP contribution is 2.31. The van der Waals surface area contributed by atoms with Crippen molar-refractivity contribution in [2.24, 2.45) is 0 Å². The van der Waals surface area contributed by atoms with Gasteiger partial charge >= 0.3 is 0 Å². The Morgan fingerprint density at radius 2 is 2.10 bits per heavy atom. The summed E-state index contributed by atoms with van der Waals surface area (Å²) in [6.45, 7) is 1.88. The standard InChI is InChI=1S/C14H11BrClFN2O/c1-7-5-8(15)13(11(18)6-7)19-14(20)12-9(16)3-2-4-10(12)17/h2-6H,18H2,1H3,(H,19,20). The van der Waals surface area contributed by atoms with E-state index in [1.165, 1.54) is 18.2 Å². The lowest BCUT2D eigenvalue weighted by molar-refractivity contribution is 0.102. The van der Waals surface area contributed by atoms with E-state index in [9.17, 15) is 9.18 Å². The van der Waals surface area contributed by atoms with E-state index in [1.54, 1.807) is 12.1 Å². The number of carbonyl (C=O) groups excluding carboxylic acids is 1. The topological polar surface area (TPSA) is 55.1 Å². The highest BCUT2D eigenvalue weighted by Gasteiger charge is 2.18. The molecule has 0 saturated carbocycles. The molecule has 0 atom stereocenters. The smallest absolute Gasteiger partial charge is 0.260 e. The van der Waals surface area contributed by atoms with Crippen molar-refractivity contribution in [1.29, 1.82) is 0 Å². The first-order valence-corrected chi connectivity index (χ1v) is 6.88. The summed E-state index contributed by atoms with van der Waals surface area (Å²) < 4.78 is 14.3. The molecule has 104 valence electrons. The van der Waals surface area contributed by atoms with Crippen LogP contribution in [0.5, 0.6) is 0 Å². The molecule has 0 aromatic heterocycles. The maximum absolute atomic E-state index is 13.7. The molecule has 1 amide bonds. The number of nitrogens with two attached hydrogens (primary N) is 1. The summed E-state index contributed by atoms with van der Waals surface area (Å²) in [5.74, 6) is -1.33. The van der Waals surface area contributed by atoms with Crippen LogP contribution in [0.2, 0.25) is 5.02 Å². The third kappa shape index (κ3) is 2.94. The highest BCUT2D eigenvalue weighted by atomic mass is 79.9.